The van der Waals surface area contributed by atoms with Gasteiger partial charge in [0.1, 0.15) is 0 Å². The zero-order valence-corrected chi connectivity index (χ0v) is 9.44. The van der Waals surface area contributed by atoms with Gasteiger partial charge in [-0.05, 0) is 13.3 Å². The lowest BCUT2D eigenvalue weighted by molar-refractivity contribution is -0.122. The smallest absolute Gasteiger partial charge is 0.238 e. The summed E-state index contributed by atoms with van der Waals surface area (Å²) in [7, 11) is 0. The van der Waals surface area contributed by atoms with Crippen molar-refractivity contribution in [1.29, 1.82) is 0 Å². The molecule has 2 N–H and O–H groups in total. The first-order valence-corrected chi connectivity index (χ1v) is 5.67. The minimum atomic E-state index is -0.630. The lowest BCUT2D eigenvalue weighted by Crippen LogP contribution is -2.34. The predicted octanol–water partition coefficient (Wildman–Crippen LogP) is 2.13. The third-order valence-electron chi connectivity index (χ3n) is 2.22. The molecule has 3 heteroatoms. The van der Waals surface area contributed by atoms with Crippen molar-refractivity contribution in [2.24, 2.45) is 0 Å². The quantitative estimate of drug-likeness (QED) is 0.598. The second-order valence-corrected chi connectivity index (χ2v) is 3.78. The SMILES string of the molecule is CCCCCCCCNC(=O)C(C)[NH]. The average molecular weight is 199 g/mol. The molecule has 83 valence electrons. The van der Waals surface area contributed by atoms with Gasteiger partial charge in [0.05, 0.1) is 6.04 Å². The van der Waals surface area contributed by atoms with E-state index in [1.807, 2.05) is 0 Å². The standard InChI is InChI=1S/C11H23N2O/c1-3-4-5-6-7-8-9-13-11(14)10(2)12/h10,12H,3-9H2,1-2H3,(H,13,14). The van der Waals surface area contributed by atoms with Crippen molar-refractivity contribution in [2.75, 3.05) is 6.54 Å². The van der Waals surface area contributed by atoms with Gasteiger partial charge in [-0.2, -0.15) is 0 Å². The molecule has 0 aromatic heterocycles. The first-order chi connectivity index (χ1) is 6.68. The van der Waals surface area contributed by atoms with Gasteiger partial charge >= 0.3 is 0 Å². The summed E-state index contributed by atoms with van der Waals surface area (Å²) < 4.78 is 0. The Balaban J connectivity index is 3.10. The van der Waals surface area contributed by atoms with Crippen LogP contribution in [0.25, 0.3) is 0 Å². The van der Waals surface area contributed by atoms with Crippen LogP contribution in [0, 0.1) is 0 Å². The lowest BCUT2D eigenvalue weighted by Gasteiger charge is -2.06. The Morgan fingerprint density at radius 2 is 1.79 bits per heavy atom. The van der Waals surface area contributed by atoms with Crippen molar-refractivity contribution in [2.45, 2.75) is 58.4 Å². The highest BCUT2D eigenvalue weighted by molar-refractivity contribution is 5.80. The Morgan fingerprint density at radius 3 is 2.36 bits per heavy atom. The minimum absolute atomic E-state index is 0.154. The Hall–Kier alpha value is -0.570. The molecule has 0 fully saturated rings. The fraction of sp³-hybridized carbons (Fsp3) is 0.909. The molecule has 0 aromatic rings. The largest absolute Gasteiger partial charge is 0.355 e. The highest BCUT2D eigenvalue weighted by Crippen LogP contribution is 2.03. The maximum Gasteiger partial charge on any atom is 0.238 e. The first kappa shape index (κ1) is 13.4. The van der Waals surface area contributed by atoms with Crippen molar-refractivity contribution in [3.05, 3.63) is 0 Å². The topological polar surface area (TPSA) is 52.9 Å². The van der Waals surface area contributed by atoms with Crippen LogP contribution in [0.4, 0.5) is 0 Å². The molecule has 0 saturated heterocycles. The van der Waals surface area contributed by atoms with Crippen LogP contribution in [-0.2, 0) is 4.79 Å². The number of nitrogens with one attached hydrogen (secondary N) is 2. The number of carbonyl (C=O) groups excluding carboxylic acids is 1. The van der Waals surface area contributed by atoms with Crippen LogP contribution in [0.15, 0.2) is 0 Å². The van der Waals surface area contributed by atoms with Crippen molar-refractivity contribution in [3.63, 3.8) is 0 Å². The van der Waals surface area contributed by atoms with E-state index < -0.39 is 6.04 Å². The third-order valence-corrected chi connectivity index (χ3v) is 2.22. The fourth-order valence-corrected chi connectivity index (χ4v) is 1.27. The number of hydrogen-bond donors (Lipinski definition) is 1. The normalized spacial score (nSPS) is 12.5. The second-order valence-electron chi connectivity index (χ2n) is 3.78. The fourth-order valence-electron chi connectivity index (χ4n) is 1.27. The van der Waals surface area contributed by atoms with Crippen molar-refractivity contribution in [1.82, 2.24) is 11.1 Å². The summed E-state index contributed by atoms with van der Waals surface area (Å²) >= 11 is 0. The van der Waals surface area contributed by atoms with Crippen LogP contribution in [0.2, 0.25) is 0 Å². The van der Waals surface area contributed by atoms with Gasteiger partial charge in [-0.3, -0.25) is 4.79 Å². The molecule has 0 rings (SSSR count). The molecule has 0 spiro atoms. The highest BCUT2D eigenvalue weighted by Gasteiger charge is 2.05. The van der Waals surface area contributed by atoms with E-state index >= 15 is 0 Å². The van der Waals surface area contributed by atoms with Gasteiger partial charge in [0.2, 0.25) is 5.91 Å². The van der Waals surface area contributed by atoms with Gasteiger partial charge in [0.25, 0.3) is 0 Å². The highest BCUT2D eigenvalue weighted by atomic mass is 16.2. The summed E-state index contributed by atoms with van der Waals surface area (Å²) in [5.74, 6) is -0.154. The molecular formula is C11H23N2O. The molecule has 1 atom stereocenters. The van der Waals surface area contributed by atoms with Gasteiger partial charge in [0.15, 0.2) is 0 Å². The van der Waals surface area contributed by atoms with Gasteiger partial charge in [-0.1, -0.05) is 39.0 Å². The summed E-state index contributed by atoms with van der Waals surface area (Å²) in [6.07, 6.45) is 7.39. The Kier molecular flexibility index (Phi) is 8.64. The van der Waals surface area contributed by atoms with Crippen LogP contribution in [0.5, 0.6) is 0 Å². The van der Waals surface area contributed by atoms with Crippen molar-refractivity contribution < 1.29 is 4.79 Å². The van der Waals surface area contributed by atoms with Crippen LogP contribution in [0.3, 0.4) is 0 Å². The van der Waals surface area contributed by atoms with Gasteiger partial charge in [-0.25, -0.2) is 5.73 Å². The second kappa shape index (κ2) is 9.00. The molecule has 0 saturated carbocycles. The number of rotatable bonds is 8. The van der Waals surface area contributed by atoms with Gasteiger partial charge < -0.3 is 5.32 Å². The zero-order valence-electron chi connectivity index (χ0n) is 9.44. The predicted molar refractivity (Wildman–Crippen MR) is 58.9 cm³/mol. The summed E-state index contributed by atoms with van der Waals surface area (Å²) in [5.41, 5.74) is 7.14. The molecule has 1 radical (unpaired) electrons. The van der Waals surface area contributed by atoms with E-state index in [0.717, 1.165) is 13.0 Å². The average Bonchev–Trinajstić information content (AvgIpc) is 2.16. The Bertz CT molecular complexity index is 146. The van der Waals surface area contributed by atoms with E-state index in [1.165, 1.54) is 32.1 Å². The first-order valence-electron chi connectivity index (χ1n) is 5.67. The zero-order chi connectivity index (χ0) is 10.8. The van der Waals surface area contributed by atoms with E-state index in [4.69, 9.17) is 5.73 Å². The molecule has 14 heavy (non-hydrogen) atoms. The lowest BCUT2D eigenvalue weighted by atomic mass is 10.1. The molecular weight excluding hydrogens is 176 g/mol. The molecule has 0 aliphatic rings. The maximum absolute atomic E-state index is 11.0. The third kappa shape index (κ3) is 8.05. The minimum Gasteiger partial charge on any atom is -0.355 e. The molecule has 0 bridgehead atoms. The van der Waals surface area contributed by atoms with Crippen LogP contribution in [0.1, 0.15) is 52.4 Å². The Morgan fingerprint density at radius 1 is 1.21 bits per heavy atom. The maximum atomic E-state index is 11.0. The summed E-state index contributed by atoms with van der Waals surface area (Å²) in [4.78, 5) is 11.0. The Labute approximate surface area is 87.4 Å². The number of unbranched alkanes of at least 4 members (excludes halogenated alkanes) is 5. The summed E-state index contributed by atoms with van der Waals surface area (Å²) in [5, 5.41) is 2.75. The molecule has 0 aromatic carbocycles. The van der Waals surface area contributed by atoms with Gasteiger partial charge in [-0.15, -0.1) is 0 Å². The molecule has 1 unspecified atom stereocenters. The van der Waals surface area contributed by atoms with Crippen molar-refractivity contribution >= 4 is 5.91 Å². The van der Waals surface area contributed by atoms with E-state index in [9.17, 15) is 4.79 Å². The van der Waals surface area contributed by atoms with E-state index in [0.29, 0.717) is 0 Å². The number of carbonyl (C=O) groups is 1. The molecule has 0 aliphatic heterocycles. The molecule has 3 nitrogen and oxygen atoms in total. The summed E-state index contributed by atoms with van der Waals surface area (Å²) in [6, 6.07) is -0.630. The molecule has 0 heterocycles. The monoisotopic (exact) mass is 199 g/mol. The van der Waals surface area contributed by atoms with E-state index in [-0.39, 0.29) is 5.91 Å². The van der Waals surface area contributed by atoms with Crippen LogP contribution >= 0.6 is 0 Å². The van der Waals surface area contributed by atoms with E-state index in [2.05, 4.69) is 12.2 Å². The van der Waals surface area contributed by atoms with Crippen LogP contribution < -0.4 is 11.1 Å². The number of amides is 1. The van der Waals surface area contributed by atoms with Gasteiger partial charge in [0, 0.05) is 6.54 Å². The van der Waals surface area contributed by atoms with Crippen LogP contribution in [-0.4, -0.2) is 18.5 Å². The summed E-state index contributed by atoms with van der Waals surface area (Å²) in [6.45, 7) is 4.53. The molecule has 1 amide bonds. The molecule has 0 aliphatic carbocycles. The van der Waals surface area contributed by atoms with Crippen molar-refractivity contribution in [3.8, 4) is 0 Å². The number of hydrogen-bond acceptors (Lipinski definition) is 1. The van der Waals surface area contributed by atoms with E-state index in [1.54, 1.807) is 6.92 Å².